The fourth-order valence-electron chi connectivity index (χ4n) is 3.07. The number of nitrogens with one attached hydrogen (secondary N) is 1. The average Bonchev–Trinajstić information content (AvgIpc) is 3.10. The number of hydrogen-bond acceptors (Lipinski definition) is 5. The van der Waals surface area contributed by atoms with Crippen LogP contribution in [0.3, 0.4) is 0 Å². The molecule has 3 rings (SSSR count). The van der Waals surface area contributed by atoms with Crippen LogP contribution < -0.4 is 10.2 Å². The van der Waals surface area contributed by atoms with Gasteiger partial charge in [-0.3, -0.25) is 4.79 Å². The summed E-state index contributed by atoms with van der Waals surface area (Å²) < 4.78 is 5.41. The van der Waals surface area contributed by atoms with E-state index in [1.54, 1.807) is 36.1 Å². The number of hydrogen-bond donors (Lipinski definition) is 2. The first-order valence-electron chi connectivity index (χ1n) is 8.66. The second-order valence-corrected chi connectivity index (χ2v) is 6.11. The molecule has 0 bridgehead atoms. The van der Waals surface area contributed by atoms with E-state index in [1.807, 2.05) is 24.3 Å². The molecular formula is C20H22N2O4. The highest BCUT2D eigenvalue weighted by Crippen LogP contribution is 2.28. The highest BCUT2D eigenvalue weighted by Gasteiger charge is 2.30. The summed E-state index contributed by atoms with van der Waals surface area (Å²) in [6.07, 6.45) is -0.0872. The zero-order chi connectivity index (χ0) is 18.5. The van der Waals surface area contributed by atoms with E-state index >= 15 is 0 Å². The minimum atomic E-state index is -0.889. The summed E-state index contributed by atoms with van der Waals surface area (Å²) in [5, 5.41) is 11.9. The van der Waals surface area contributed by atoms with Gasteiger partial charge in [0.15, 0.2) is 6.10 Å². The van der Waals surface area contributed by atoms with E-state index < -0.39 is 12.1 Å². The second kappa shape index (κ2) is 8.01. The Morgan fingerprint density at radius 2 is 1.92 bits per heavy atom. The Labute approximate surface area is 152 Å². The van der Waals surface area contributed by atoms with Gasteiger partial charge >= 0.3 is 5.97 Å². The first-order valence-corrected chi connectivity index (χ1v) is 8.66. The smallest absolute Gasteiger partial charge is 0.341 e. The molecule has 26 heavy (non-hydrogen) atoms. The lowest BCUT2D eigenvalue weighted by molar-refractivity contribution is -0.126. The van der Waals surface area contributed by atoms with Crippen LogP contribution in [0, 0.1) is 0 Å². The summed E-state index contributed by atoms with van der Waals surface area (Å²) in [5.74, 6) is -0.802. The lowest BCUT2D eigenvalue weighted by Crippen LogP contribution is -2.39. The molecule has 1 amide bonds. The second-order valence-electron chi connectivity index (χ2n) is 6.11. The number of carbonyl (C=O) groups is 2. The summed E-state index contributed by atoms with van der Waals surface area (Å²) in [6.45, 7) is 2.45. The van der Waals surface area contributed by atoms with E-state index in [-0.39, 0.29) is 12.5 Å². The van der Waals surface area contributed by atoms with Gasteiger partial charge < -0.3 is 20.1 Å². The van der Waals surface area contributed by atoms with Crippen LogP contribution in [-0.4, -0.2) is 42.8 Å². The Hall–Kier alpha value is -2.86. The fraction of sp³-hybridized carbons (Fsp3) is 0.300. The number of ether oxygens (including phenoxy) is 1. The van der Waals surface area contributed by atoms with Crippen LogP contribution in [0.25, 0.3) is 0 Å². The number of aliphatic hydroxyl groups is 1. The monoisotopic (exact) mass is 354 g/mol. The van der Waals surface area contributed by atoms with E-state index in [9.17, 15) is 9.59 Å². The number of para-hydroxylation sites is 2. The van der Waals surface area contributed by atoms with Gasteiger partial charge in [-0.25, -0.2) is 4.79 Å². The normalized spacial score (nSPS) is 13.8. The van der Waals surface area contributed by atoms with E-state index in [1.165, 1.54) is 0 Å². The van der Waals surface area contributed by atoms with Gasteiger partial charge in [0.1, 0.15) is 0 Å². The van der Waals surface area contributed by atoms with Crippen LogP contribution in [0.2, 0.25) is 0 Å². The van der Waals surface area contributed by atoms with Gasteiger partial charge in [-0.15, -0.1) is 0 Å². The number of carbonyl (C=O) groups excluding carboxylic acids is 2. The Morgan fingerprint density at radius 3 is 2.73 bits per heavy atom. The van der Waals surface area contributed by atoms with Crippen molar-refractivity contribution in [1.29, 1.82) is 0 Å². The van der Waals surface area contributed by atoms with Crippen molar-refractivity contribution < 1.29 is 19.4 Å². The molecular weight excluding hydrogens is 332 g/mol. The fourth-order valence-corrected chi connectivity index (χ4v) is 3.07. The maximum Gasteiger partial charge on any atom is 0.341 e. The van der Waals surface area contributed by atoms with Crippen molar-refractivity contribution in [2.45, 2.75) is 19.4 Å². The van der Waals surface area contributed by atoms with E-state index in [4.69, 9.17) is 9.84 Å². The minimum Gasteiger partial charge on any atom is -0.449 e. The number of esters is 1. The van der Waals surface area contributed by atoms with Crippen molar-refractivity contribution in [1.82, 2.24) is 0 Å². The van der Waals surface area contributed by atoms with Gasteiger partial charge in [-0.05, 0) is 37.1 Å². The number of anilines is 2. The minimum absolute atomic E-state index is 0.0490. The van der Waals surface area contributed by atoms with Crippen LogP contribution in [-0.2, 0) is 16.0 Å². The summed E-state index contributed by atoms with van der Waals surface area (Å²) in [5.41, 5.74) is 2.91. The van der Waals surface area contributed by atoms with Gasteiger partial charge in [0.25, 0.3) is 5.91 Å². The maximum absolute atomic E-state index is 12.7. The summed E-state index contributed by atoms with van der Waals surface area (Å²) in [6, 6.07) is 14.6. The van der Waals surface area contributed by atoms with Crippen molar-refractivity contribution in [3.63, 3.8) is 0 Å². The summed E-state index contributed by atoms with van der Waals surface area (Å²) in [4.78, 5) is 26.9. The van der Waals surface area contributed by atoms with Crippen LogP contribution in [0.5, 0.6) is 0 Å². The van der Waals surface area contributed by atoms with Crippen molar-refractivity contribution in [3.05, 3.63) is 59.7 Å². The van der Waals surface area contributed by atoms with E-state index in [0.29, 0.717) is 24.3 Å². The van der Waals surface area contributed by atoms with E-state index in [0.717, 1.165) is 17.7 Å². The molecule has 0 radical (unpaired) electrons. The van der Waals surface area contributed by atoms with Gasteiger partial charge in [-0.1, -0.05) is 30.3 Å². The zero-order valence-corrected chi connectivity index (χ0v) is 14.6. The van der Waals surface area contributed by atoms with Gasteiger partial charge in [-0.2, -0.15) is 0 Å². The Morgan fingerprint density at radius 1 is 1.19 bits per heavy atom. The molecule has 0 aromatic heterocycles. The van der Waals surface area contributed by atoms with Crippen molar-refractivity contribution in [2.24, 2.45) is 0 Å². The molecule has 0 spiro atoms. The van der Waals surface area contributed by atoms with Gasteiger partial charge in [0.05, 0.1) is 12.2 Å². The molecule has 2 aromatic carbocycles. The van der Waals surface area contributed by atoms with Crippen LogP contribution in [0.15, 0.2) is 48.5 Å². The van der Waals surface area contributed by atoms with Gasteiger partial charge in [0, 0.05) is 24.5 Å². The number of rotatable bonds is 6. The molecule has 1 atom stereocenters. The molecule has 1 heterocycles. The summed E-state index contributed by atoms with van der Waals surface area (Å²) >= 11 is 0. The molecule has 0 saturated heterocycles. The lowest BCUT2D eigenvalue weighted by Gasteiger charge is -2.22. The molecule has 1 aliphatic heterocycles. The number of fused-ring (bicyclic) bond motifs is 1. The predicted molar refractivity (Wildman–Crippen MR) is 99.4 cm³/mol. The molecule has 2 aromatic rings. The van der Waals surface area contributed by atoms with Crippen LogP contribution >= 0.6 is 0 Å². The maximum atomic E-state index is 12.7. The van der Waals surface area contributed by atoms with Crippen molar-refractivity contribution in [3.8, 4) is 0 Å². The third kappa shape index (κ3) is 3.70. The quantitative estimate of drug-likeness (QED) is 0.778. The predicted octanol–water partition coefficient (Wildman–Crippen LogP) is 2.23. The zero-order valence-electron chi connectivity index (χ0n) is 14.6. The Bertz CT molecular complexity index is 806. The molecule has 2 N–H and O–H groups in total. The first kappa shape index (κ1) is 17.9. The SMILES string of the molecule is C[C@@H](OC(=O)c1ccccc1NCCO)C(=O)N1CCc2ccccc21. The molecule has 6 nitrogen and oxygen atoms in total. The molecule has 0 aliphatic carbocycles. The molecule has 1 aliphatic rings. The Balaban J connectivity index is 1.69. The lowest BCUT2D eigenvalue weighted by atomic mass is 10.1. The highest BCUT2D eigenvalue weighted by atomic mass is 16.5. The topological polar surface area (TPSA) is 78.9 Å². The first-order chi connectivity index (χ1) is 12.6. The number of benzene rings is 2. The third-order valence-corrected chi connectivity index (χ3v) is 4.36. The van der Waals surface area contributed by atoms with Crippen LogP contribution in [0.4, 0.5) is 11.4 Å². The number of amides is 1. The molecule has 136 valence electrons. The summed E-state index contributed by atoms with van der Waals surface area (Å²) in [7, 11) is 0. The average molecular weight is 354 g/mol. The molecule has 0 unspecified atom stereocenters. The molecule has 0 saturated carbocycles. The molecule has 6 heteroatoms. The highest BCUT2D eigenvalue weighted by molar-refractivity contribution is 6.01. The third-order valence-electron chi connectivity index (χ3n) is 4.36. The van der Waals surface area contributed by atoms with E-state index in [2.05, 4.69) is 5.32 Å². The van der Waals surface area contributed by atoms with Crippen molar-refractivity contribution >= 4 is 23.3 Å². The molecule has 0 fully saturated rings. The largest absolute Gasteiger partial charge is 0.449 e. The number of nitrogens with zero attached hydrogens (tertiary/aromatic N) is 1. The number of aliphatic hydroxyl groups excluding tert-OH is 1. The Kier molecular flexibility index (Phi) is 5.53. The van der Waals surface area contributed by atoms with Crippen molar-refractivity contribution in [2.75, 3.05) is 29.9 Å². The standard InChI is InChI=1S/C20H22N2O4/c1-14(19(24)22-12-10-15-6-2-5-9-18(15)22)26-20(25)16-7-3-4-8-17(16)21-11-13-23/h2-9,14,21,23H,10-13H2,1H3/t14-/m1/s1. The van der Waals surface area contributed by atoms with Gasteiger partial charge in [0.2, 0.25) is 0 Å². The van der Waals surface area contributed by atoms with Crippen LogP contribution in [0.1, 0.15) is 22.8 Å².